The van der Waals surface area contributed by atoms with Crippen LogP contribution in [0, 0.1) is 5.82 Å². The van der Waals surface area contributed by atoms with E-state index in [1.165, 1.54) is 36.0 Å². The van der Waals surface area contributed by atoms with Gasteiger partial charge in [0, 0.05) is 34.2 Å². The van der Waals surface area contributed by atoms with E-state index in [0.717, 1.165) is 4.90 Å². The molecule has 0 fully saturated rings. The van der Waals surface area contributed by atoms with Gasteiger partial charge in [0.1, 0.15) is 11.5 Å². The van der Waals surface area contributed by atoms with Crippen molar-refractivity contribution in [2.24, 2.45) is 0 Å². The summed E-state index contributed by atoms with van der Waals surface area (Å²) in [5.41, 5.74) is 1.92. The Hall–Kier alpha value is -4.47. The Morgan fingerprint density at radius 3 is 2.42 bits per heavy atom. The minimum absolute atomic E-state index is 0.0330. The molecule has 40 heavy (non-hydrogen) atoms. The second kappa shape index (κ2) is 13.5. The number of carbonyl (C=O) groups is 3. The molecule has 3 N–H and O–H groups in total. The number of nitrogens with one attached hydrogen (secondary N) is 3. The highest BCUT2D eigenvalue weighted by Crippen LogP contribution is 2.27. The molecule has 4 rings (SSSR count). The highest BCUT2D eigenvalue weighted by molar-refractivity contribution is 8.00. The van der Waals surface area contributed by atoms with E-state index >= 15 is 0 Å². The molecule has 0 aliphatic rings. The molecular weight excluding hydrogens is 551 g/mol. The molecule has 0 saturated carbocycles. The Kier molecular flexibility index (Phi) is 9.66. The standard InChI is InChI=1S/C30H24ClFN4O3S/c1-19(28(37)34-23-12-13-26(32)25(31)17-23)40-24-11-5-10-22(16-24)35-30(39)27(15-20-7-6-14-33-18-20)36-29(38)21-8-3-2-4-9-21/h2-19H,1H3,(H,34,37)(H,35,39)(H,36,38)/b27-15-. The molecule has 202 valence electrons. The lowest BCUT2D eigenvalue weighted by Crippen LogP contribution is -2.30. The number of hydrogen-bond donors (Lipinski definition) is 3. The van der Waals surface area contributed by atoms with E-state index < -0.39 is 22.9 Å². The number of benzene rings is 3. The van der Waals surface area contributed by atoms with Crippen molar-refractivity contribution >= 4 is 58.5 Å². The van der Waals surface area contributed by atoms with E-state index in [2.05, 4.69) is 20.9 Å². The monoisotopic (exact) mass is 574 g/mol. The Labute approximate surface area is 239 Å². The zero-order valence-electron chi connectivity index (χ0n) is 21.2. The third-order valence-corrected chi connectivity index (χ3v) is 6.87. The van der Waals surface area contributed by atoms with Crippen LogP contribution in [0.4, 0.5) is 15.8 Å². The number of rotatable bonds is 9. The van der Waals surface area contributed by atoms with Crippen molar-refractivity contribution in [3.8, 4) is 0 Å². The van der Waals surface area contributed by atoms with E-state index in [1.54, 1.807) is 80.0 Å². The molecule has 4 aromatic rings. The quantitative estimate of drug-likeness (QED) is 0.159. The van der Waals surface area contributed by atoms with Gasteiger partial charge in [-0.15, -0.1) is 11.8 Å². The molecule has 3 aromatic carbocycles. The van der Waals surface area contributed by atoms with Gasteiger partial charge in [0.15, 0.2) is 0 Å². The van der Waals surface area contributed by atoms with E-state index in [9.17, 15) is 18.8 Å². The van der Waals surface area contributed by atoms with Crippen molar-refractivity contribution in [2.45, 2.75) is 17.1 Å². The lowest BCUT2D eigenvalue weighted by atomic mass is 10.2. The molecule has 0 aliphatic heterocycles. The van der Waals surface area contributed by atoms with Crippen LogP contribution < -0.4 is 16.0 Å². The third-order valence-electron chi connectivity index (χ3n) is 5.49. The van der Waals surface area contributed by atoms with Crippen LogP contribution in [0.3, 0.4) is 0 Å². The number of halogens is 2. The SMILES string of the molecule is CC(Sc1cccc(NC(=O)/C(=C/c2cccnc2)NC(=O)c2ccccc2)c1)C(=O)Nc1ccc(F)c(Cl)c1. The lowest BCUT2D eigenvalue weighted by molar-refractivity contribution is -0.115. The zero-order valence-corrected chi connectivity index (χ0v) is 22.8. The summed E-state index contributed by atoms with van der Waals surface area (Å²) in [6, 6.07) is 23.0. The first-order chi connectivity index (χ1) is 19.3. The van der Waals surface area contributed by atoms with Gasteiger partial charge in [-0.2, -0.15) is 0 Å². The van der Waals surface area contributed by atoms with Gasteiger partial charge in [0.05, 0.1) is 10.3 Å². The first-order valence-corrected chi connectivity index (χ1v) is 13.4. The van der Waals surface area contributed by atoms with Gasteiger partial charge < -0.3 is 16.0 Å². The molecule has 0 saturated heterocycles. The maximum atomic E-state index is 13.4. The summed E-state index contributed by atoms with van der Waals surface area (Å²) in [6.45, 7) is 1.73. The predicted octanol–water partition coefficient (Wildman–Crippen LogP) is 6.40. The molecule has 1 atom stereocenters. The second-order valence-corrected chi connectivity index (χ2v) is 10.3. The fraction of sp³-hybridized carbons (Fsp3) is 0.0667. The van der Waals surface area contributed by atoms with E-state index in [1.807, 2.05) is 6.07 Å². The van der Waals surface area contributed by atoms with E-state index in [4.69, 9.17) is 11.6 Å². The fourth-order valence-electron chi connectivity index (χ4n) is 3.49. The van der Waals surface area contributed by atoms with Crippen LogP contribution in [-0.2, 0) is 9.59 Å². The van der Waals surface area contributed by atoms with Gasteiger partial charge >= 0.3 is 0 Å². The minimum atomic E-state index is -0.570. The van der Waals surface area contributed by atoms with Gasteiger partial charge in [0.2, 0.25) is 5.91 Å². The van der Waals surface area contributed by atoms with Crippen molar-refractivity contribution in [1.82, 2.24) is 10.3 Å². The van der Waals surface area contributed by atoms with Crippen LogP contribution in [0.2, 0.25) is 5.02 Å². The van der Waals surface area contributed by atoms with Crippen molar-refractivity contribution in [1.29, 1.82) is 0 Å². The summed E-state index contributed by atoms with van der Waals surface area (Å²) >= 11 is 7.07. The van der Waals surface area contributed by atoms with Crippen LogP contribution >= 0.6 is 23.4 Å². The molecule has 10 heteroatoms. The van der Waals surface area contributed by atoms with Crippen LogP contribution in [-0.4, -0.2) is 28.0 Å². The van der Waals surface area contributed by atoms with Gasteiger partial charge in [0.25, 0.3) is 11.8 Å². The van der Waals surface area contributed by atoms with Gasteiger partial charge in [-0.3, -0.25) is 19.4 Å². The number of pyridine rings is 1. The Bertz CT molecular complexity index is 1550. The smallest absolute Gasteiger partial charge is 0.272 e. The van der Waals surface area contributed by atoms with E-state index in [-0.39, 0.29) is 16.6 Å². The number of anilines is 2. The molecule has 1 aromatic heterocycles. The molecule has 0 bridgehead atoms. The summed E-state index contributed by atoms with van der Waals surface area (Å²) < 4.78 is 13.4. The summed E-state index contributed by atoms with van der Waals surface area (Å²) in [6.07, 6.45) is 4.72. The Balaban J connectivity index is 1.45. The fourth-order valence-corrected chi connectivity index (χ4v) is 4.60. The predicted molar refractivity (Wildman–Crippen MR) is 157 cm³/mol. The average Bonchev–Trinajstić information content (AvgIpc) is 2.95. The normalized spacial score (nSPS) is 11.8. The molecule has 0 aliphatic carbocycles. The minimum Gasteiger partial charge on any atom is -0.325 e. The summed E-state index contributed by atoms with van der Waals surface area (Å²) in [5, 5.41) is 7.61. The molecule has 1 heterocycles. The maximum absolute atomic E-state index is 13.4. The summed E-state index contributed by atoms with van der Waals surface area (Å²) in [5.74, 6) is -1.84. The first kappa shape index (κ1) is 28.5. The van der Waals surface area contributed by atoms with Crippen LogP contribution in [0.15, 0.2) is 108 Å². The molecule has 1 unspecified atom stereocenters. The van der Waals surface area contributed by atoms with Crippen molar-refractivity contribution < 1.29 is 18.8 Å². The van der Waals surface area contributed by atoms with Crippen LogP contribution in [0.5, 0.6) is 0 Å². The Morgan fingerprint density at radius 2 is 1.70 bits per heavy atom. The summed E-state index contributed by atoms with van der Waals surface area (Å²) in [7, 11) is 0. The van der Waals surface area contributed by atoms with Crippen molar-refractivity contribution in [2.75, 3.05) is 10.6 Å². The second-order valence-electron chi connectivity index (χ2n) is 8.52. The van der Waals surface area contributed by atoms with E-state index in [0.29, 0.717) is 22.5 Å². The summed E-state index contributed by atoms with van der Waals surface area (Å²) in [4.78, 5) is 43.5. The lowest BCUT2D eigenvalue weighted by Gasteiger charge is -2.14. The van der Waals surface area contributed by atoms with Gasteiger partial charge in [-0.1, -0.05) is 41.9 Å². The average molecular weight is 575 g/mol. The highest BCUT2D eigenvalue weighted by Gasteiger charge is 2.18. The number of thioether (sulfide) groups is 1. The largest absolute Gasteiger partial charge is 0.325 e. The molecular formula is C30H24ClFN4O3S. The first-order valence-electron chi connectivity index (χ1n) is 12.1. The van der Waals surface area contributed by atoms with Crippen molar-refractivity contribution in [3.05, 3.63) is 125 Å². The molecule has 3 amide bonds. The molecule has 0 spiro atoms. The van der Waals surface area contributed by atoms with Crippen LogP contribution in [0.1, 0.15) is 22.8 Å². The maximum Gasteiger partial charge on any atom is 0.272 e. The Morgan fingerprint density at radius 1 is 0.925 bits per heavy atom. The molecule has 0 radical (unpaired) electrons. The number of amides is 3. The zero-order chi connectivity index (χ0) is 28.5. The third kappa shape index (κ3) is 8.02. The number of hydrogen-bond acceptors (Lipinski definition) is 5. The van der Waals surface area contributed by atoms with Gasteiger partial charge in [-0.25, -0.2) is 4.39 Å². The van der Waals surface area contributed by atoms with Gasteiger partial charge in [-0.05, 0) is 73.2 Å². The number of aromatic nitrogens is 1. The number of nitrogens with zero attached hydrogens (tertiary/aromatic N) is 1. The topological polar surface area (TPSA) is 100 Å². The highest BCUT2D eigenvalue weighted by atomic mass is 35.5. The van der Waals surface area contributed by atoms with Crippen LogP contribution in [0.25, 0.3) is 6.08 Å². The van der Waals surface area contributed by atoms with Crippen molar-refractivity contribution in [3.63, 3.8) is 0 Å². The number of carbonyl (C=O) groups excluding carboxylic acids is 3. The molecule has 7 nitrogen and oxygen atoms in total.